The van der Waals surface area contributed by atoms with Gasteiger partial charge in [0, 0.05) is 0 Å². The normalized spacial score (nSPS) is 21.4. The van der Waals surface area contributed by atoms with Crippen LogP contribution in [0.3, 0.4) is 0 Å². The third-order valence-electron chi connectivity index (χ3n) is 9.02. The SMILES string of the molecule is C[C@@H](OC[C@]1(c2ccccc2)CCC2(CN1C(=O)OCc1ccccc1)C(=O)OC(=O)N2C(=O)OC(C)(C)C)c1cc(C(F)(F)F)cc(C(F)(F)F)c1. The highest BCUT2D eigenvalue weighted by atomic mass is 19.4. The van der Waals surface area contributed by atoms with Gasteiger partial charge in [-0.3, -0.25) is 4.90 Å². The van der Waals surface area contributed by atoms with Crippen LogP contribution in [0.15, 0.2) is 78.9 Å². The fourth-order valence-corrected chi connectivity index (χ4v) is 6.32. The molecule has 3 aromatic carbocycles. The Morgan fingerprint density at radius 1 is 0.830 bits per heavy atom. The van der Waals surface area contributed by atoms with E-state index in [0.29, 0.717) is 28.2 Å². The van der Waals surface area contributed by atoms with Gasteiger partial charge in [0.05, 0.1) is 35.9 Å². The van der Waals surface area contributed by atoms with E-state index in [1.165, 1.54) is 27.7 Å². The minimum Gasteiger partial charge on any atom is -0.445 e. The standard InChI is InChI=1S/C37H36F6N2O8/c1-23(25-17-27(36(38,39)40)19-28(18-25)37(41,42)43)51-22-35(26-13-9-6-10-14-26)16-15-34(21-44(35)30(47)50-20-24-11-7-5-8-12-24)29(46)52-31(48)45(34)32(49)53-33(2,3)4/h5-14,17-19,23H,15-16,20-22H2,1-4H3/t23-,34?,35+/m1/s1. The molecule has 53 heavy (non-hydrogen) atoms. The van der Waals surface area contributed by atoms with Crippen molar-refractivity contribution in [2.75, 3.05) is 13.2 Å². The maximum absolute atomic E-state index is 14.2. The number of amides is 3. The molecule has 3 atom stereocenters. The van der Waals surface area contributed by atoms with E-state index in [0.717, 1.165) is 4.90 Å². The van der Waals surface area contributed by atoms with Crippen LogP contribution >= 0.6 is 0 Å². The third kappa shape index (κ3) is 8.27. The van der Waals surface area contributed by atoms with E-state index in [2.05, 4.69) is 0 Å². The molecule has 2 aliphatic heterocycles. The molecule has 16 heteroatoms. The van der Waals surface area contributed by atoms with E-state index in [1.54, 1.807) is 60.7 Å². The Morgan fingerprint density at radius 2 is 1.40 bits per heavy atom. The number of rotatable bonds is 7. The summed E-state index contributed by atoms with van der Waals surface area (Å²) in [4.78, 5) is 55.8. The number of ether oxygens (including phenoxy) is 4. The Labute approximate surface area is 300 Å². The van der Waals surface area contributed by atoms with Gasteiger partial charge in [0.25, 0.3) is 0 Å². The number of hydrogen-bond donors (Lipinski definition) is 0. The summed E-state index contributed by atoms with van der Waals surface area (Å²) in [6, 6.07) is 17.8. The van der Waals surface area contributed by atoms with Gasteiger partial charge in [-0.25, -0.2) is 19.2 Å². The molecule has 2 heterocycles. The molecular formula is C37H36F6N2O8. The van der Waals surface area contributed by atoms with E-state index in [4.69, 9.17) is 18.9 Å². The van der Waals surface area contributed by atoms with Crippen molar-refractivity contribution in [3.8, 4) is 0 Å². The number of alkyl halides is 6. The zero-order valence-corrected chi connectivity index (χ0v) is 29.0. The first kappa shape index (κ1) is 39.1. The van der Waals surface area contributed by atoms with Gasteiger partial charge in [-0.05, 0) is 75.4 Å². The van der Waals surface area contributed by atoms with Gasteiger partial charge in [0.1, 0.15) is 12.2 Å². The first-order chi connectivity index (χ1) is 24.7. The van der Waals surface area contributed by atoms with Crippen molar-refractivity contribution in [2.45, 2.75) is 82.3 Å². The van der Waals surface area contributed by atoms with Crippen molar-refractivity contribution in [3.05, 3.63) is 107 Å². The molecule has 3 amide bonds. The summed E-state index contributed by atoms with van der Waals surface area (Å²) in [7, 11) is 0. The van der Waals surface area contributed by atoms with Crippen molar-refractivity contribution in [1.29, 1.82) is 0 Å². The molecule has 1 spiro atoms. The third-order valence-corrected chi connectivity index (χ3v) is 9.02. The molecule has 10 nitrogen and oxygen atoms in total. The fourth-order valence-electron chi connectivity index (χ4n) is 6.32. The number of cyclic esters (lactones) is 2. The van der Waals surface area contributed by atoms with Crippen molar-refractivity contribution in [1.82, 2.24) is 9.80 Å². The maximum atomic E-state index is 14.2. The molecule has 3 aromatic rings. The van der Waals surface area contributed by atoms with Crippen LogP contribution < -0.4 is 0 Å². The topological polar surface area (TPSA) is 112 Å². The van der Waals surface area contributed by atoms with Gasteiger partial charge in [-0.15, -0.1) is 0 Å². The number of benzene rings is 3. The van der Waals surface area contributed by atoms with Gasteiger partial charge < -0.3 is 18.9 Å². The van der Waals surface area contributed by atoms with E-state index in [-0.39, 0.29) is 25.5 Å². The maximum Gasteiger partial charge on any atom is 0.428 e. The van der Waals surface area contributed by atoms with Crippen molar-refractivity contribution >= 4 is 24.2 Å². The summed E-state index contributed by atoms with van der Waals surface area (Å²) < 4.78 is 104. The van der Waals surface area contributed by atoms with Gasteiger partial charge in [-0.2, -0.15) is 31.2 Å². The first-order valence-electron chi connectivity index (χ1n) is 16.4. The lowest BCUT2D eigenvalue weighted by Gasteiger charge is -2.52. The number of hydrogen-bond acceptors (Lipinski definition) is 8. The predicted molar refractivity (Wildman–Crippen MR) is 174 cm³/mol. The minimum absolute atomic E-state index is 0.00509. The number of halogens is 6. The van der Waals surface area contributed by atoms with Crippen LogP contribution in [-0.4, -0.2) is 58.3 Å². The molecule has 2 saturated heterocycles. The summed E-state index contributed by atoms with van der Waals surface area (Å²) in [5.74, 6) is -1.14. The van der Waals surface area contributed by atoms with Gasteiger partial charge in [0.15, 0.2) is 5.54 Å². The van der Waals surface area contributed by atoms with Crippen molar-refractivity contribution in [2.24, 2.45) is 0 Å². The Hall–Kier alpha value is -5.12. The minimum atomic E-state index is -5.11. The Balaban J connectivity index is 1.58. The highest BCUT2D eigenvalue weighted by Crippen LogP contribution is 2.47. The molecule has 0 N–H and O–H groups in total. The second-order valence-corrected chi connectivity index (χ2v) is 13.8. The number of nitrogens with zero attached hydrogens (tertiary/aromatic N) is 2. The van der Waals surface area contributed by atoms with Gasteiger partial charge >= 0.3 is 36.6 Å². The molecule has 0 aliphatic carbocycles. The summed E-state index contributed by atoms with van der Waals surface area (Å²) in [6.45, 7) is 4.38. The van der Waals surface area contributed by atoms with Gasteiger partial charge in [0.2, 0.25) is 0 Å². The second-order valence-electron chi connectivity index (χ2n) is 13.8. The fraction of sp³-hybridized carbons (Fsp3) is 0.405. The highest BCUT2D eigenvalue weighted by Gasteiger charge is 2.65. The number of likely N-dealkylation sites (tertiary alicyclic amines) is 1. The zero-order chi connectivity index (χ0) is 39.0. The number of imide groups is 1. The summed E-state index contributed by atoms with van der Waals surface area (Å²) in [5.41, 5.74) is -7.37. The van der Waals surface area contributed by atoms with E-state index in [1.807, 2.05) is 0 Å². The number of carbonyl (C=O) groups excluding carboxylic acids is 4. The highest BCUT2D eigenvalue weighted by molar-refractivity contribution is 6.07. The average molecular weight is 751 g/mol. The lowest BCUT2D eigenvalue weighted by molar-refractivity contribution is -0.148. The van der Waals surface area contributed by atoms with Crippen LogP contribution in [0.25, 0.3) is 0 Å². The lowest BCUT2D eigenvalue weighted by atomic mass is 9.74. The van der Waals surface area contributed by atoms with Gasteiger partial charge in [-0.1, -0.05) is 60.7 Å². The Morgan fingerprint density at radius 3 is 1.94 bits per heavy atom. The quantitative estimate of drug-likeness (QED) is 0.102. The van der Waals surface area contributed by atoms with Crippen molar-refractivity contribution in [3.63, 3.8) is 0 Å². The molecule has 0 radical (unpaired) electrons. The van der Waals surface area contributed by atoms with E-state index < -0.39 is 89.2 Å². The monoisotopic (exact) mass is 750 g/mol. The van der Waals surface area contributed by atoms with Crippen LogP contribution in [0.5, 0.6) is 0 Å². The lowest BCUT2D eigenvalue weighted by Crippen LogP contribution is -2.68. The predicted octanol–water partition coefficient (Wildman–Crippen LogP) is 8.78. The van der Waals surface area contributed by atoms with Crippen LogP contribution in [0.2, 0.25) is 0 Å². The smallest absolute Gasteiger partial charge is 0.428 e. The number of carbonyl (C=O) groups is 4. The molecule has 2 aliphatic rings. The average Bonchev–Trinajstić information content (AvgIpc) is 3.33. The number of piperidine rings is 1. The Bertz CT molecular complexity index is 1820. The first-order valence-corrected chi connectivity index (χ1v) is 16.4. The molecule has 5 rings (SSSR count). The molecule has 1 unspecified atom stereocenters. The second kappa shape index (κ2) is 14.4. The molecule has 2 fully saturated rings. The molecule has 284 valence electrons. The van der Waals surface area contributed by atoms with Crippen LogP contribution in [0.4, 0.5) is 40.7 Å². The zero-order valence-electron chi connectivity index (χ0n) is 29.0. The molecule has 0 saturated carbocycles. The molecule has 0 aromatic heterocycles. The summed E-state index contributed by atoms with van der Waals surface area (Å²) in [5, 5.41) is 0. The van der Waals surface area contributed by atoms with E-state index in [9.17, 15) is 45.5 Å². The van der Waals surface area contributed by atoms with Crippen LogP contribution in [0.1, 0.15) is 74.5 Å². The largest absolute Gasteiger partial charge is 0.445 e. The van der Waals surface area contributed by atoms with Crippen LogP contribution in [0, 0.1) is 0 Å². The van der Waals surface area contributed by atoms with E-state index >= 15 is 0 Å². The van der Waals surface area contributed by atoms with Crippen molar-refractivity contribution < 1.29 is 64.5 Å². The number of esters is 1. The summed E-state index contributed by atoms with van der Waals surface area (Å²) in [6.07, 6.45) is -15.7. The van der Waals surface area contributed by atoms with Crippen LogP contribution in [-0.2, 0) is 48.2 Å². The molecule has 0 bridgehead atoms. The molecular weight excluding hydrogens is 714 g/mol. The summed E-state index contributed by atoms with van der Waals surface area (Å²) >= 11 is 0. The Kier molecular flexibility index (Phi) is 10.6.